The van der Waals surface area contributed by atoms with Crippen LogP contribution in [0.25, 0.3) is 0 Å². The Kier molecular flexibility index (Phi) is 4.97. The van der Waals surface area contributed by atoms with Crippen LogP contribution in [0.15, 0.2) is 11.2 Å². The molecular formula is C10H18ClN3O2S. The van der Waals surface area contributed by atoms with Crippen LogP contribution in [0, 0.1) is 6.92 Å². The maximum absolute atomic E-state index is 12.0. The minimum absolute atomic E-state index is 0.0607. The molecule has 0 aliphatic heterocycles. The fourth-order valence-corrected chi connectivity index (χ4v) is 3.07. The molecule has 0 aliphatic rings. The molecule has 0 fully saturated rings. The number of hydrogen-bond donors (Lipinski definition) is 1. The van der Waals surface area contributed by atoms with E-state index >= 15 is 0 Å². The molecule has 1 aromatic rings. The van der Waals surface area contributed by atoms with Gasteiger partial charge in [0.25, 0.3) is 10.0 Å². The third kappa shape index (κ3) is 3.69. The molecule has 1 rings (SSSR count). The number of nitrogens with one attached hydrogen (secondary N) is 1. The number of hydrogen-bond acceptors (Lipinski definition) is 3. The molecule has 0 aliphatic carbocycles. The number of alkyl halides is 1. The van der Waals surface area contributed by atoms with Crippen molar-refractivity contribution in [2.45, 2.75) is 37.8 Å². The van der Waals surface area contributed by atoms with E-state index in [4.69, 9.17) is 11.6 Å². The van der Waals surface area contributed by atoms with Crippen molar-refractivity contribution in [3.8, 4) is 0 Å². The number of halogens is 1. The number of nitrogens with zero attached hydrogens (tertiary/aromatic N) is 2. The second-order valence-corrected chi connectivity index (χ2v) is 5.98. The summed E-state index contributed by atoms with van der Waals surface area (Å²) >= 11 is 5.62. The van der Waals surface area contributed by atoms with E-state index in [0.717, 1.165) is 0 Å². The quantitative estimate of drug-likeness (QED) is 0.801. The normalized spacial score (nSPS) is 13.9. The first-order chi connectivity index (χ1) is 7.90. The van der Waals surface area contributed by atoms with Crippen LogP contribution in [-0.2, 0) is 17.1 Å². The van der Waals surface area contributed by atoms with E-state index in [9.17, 15) is 8.42 Å². The highest BCUT2D eigenvalue weighted by atomic mass is 35.5. The Morgan fingerprint density at radius 3 is 2.65 bits per heavy atom. The zero-order valence-corrected chi connectivity index (χ0v) is 11.8. The van der Waals surface area contributed by atoms with E-state index in [0.29, 0.717) is 24.5 Å². The largest absolute Gasteiger partial charge is 0.337 e. The summed E-state index contributed by atoms with van der Waals surface area (Å²) in [4.78, 5) is 4.01. The van der Waals surface area contributed by atoms with Gasteiger partial charge in [-0.2, -0.15) is 0 Å². The number of rotatable bonds is 6. The van der Waals surface area contributed by atoms with Crippen LogP contribution in [0.2, 0.25) is 0 Å². The molecule has 17 heavy (non-hydrogen) atoms. The molecule has 7 heteroatoms. The Bertz CT molecular complexity index is 450. The van der Waals surface area contributed by atoms with Gasteiger partial charge in [-0.1, -0.05) is 6.92 Å². The van der Waals surface area contributed by atoms with Crippen LogP contribution >= 0.6 is 11.6 Å². The first-order valence-corrected chi connectivity index (χ1v) is 7.50. The Labute approximate surface area is 107 Å². The van der Waals surface area contributed by atoms with E-state index < -0.39 is 10.0 Å². The molecule has 98 valence electrons. The summed E-state index contributed by atoms with van der Waals surface area (Å²) in [5, 5.41) is 0.0607. The highest BCUT2D eigenvalue weighted by Gasteiger charge is 2.21. The van der Waals surface area contributed by atoms with Crippen molar-refractivity contribution in [2.75, 3.05) is 5.88 Å². The van der Waals surface area contributed by atoms with Crippen LogP contribution in [0.5, 0.6) is 0 Å². The van der Waals surface area contributed by atoms with Gasteiger partial charge in [-0.15, -0.1) is 11.6 Å². The van der Waals surface area contributed by atoms with Gasteiger partial charge in [0, 0.05) is 25.2 Å². The van der Waals surface area contributed by atoms with Crippen LogP contribution in [-0.4, -0.2) is 29.9 Å². The molecule has 1 N–H and O–H groups in total. The SMILES string of the molecule is CCC(CCCl)NS(=O)(=O)c1cn(C)c(C)n1. The van der Waals surface area contributed by atoms with Crippen molar-refractivity contribution in [1.29, 1.82) is 0 Å². The van der Waals surface area contributed by atoms with Crippen LogP contribution in [0.3, 0.4) is 0 Å². The summed E-state index contributed by atoms with van der Waals surface area (Å²) in [6.07, 6.45) is 2.83. The van der Waals surface area contributed by atoms with Gasteiger partial charge < -0.3 is 4.57 Å². The Hall–Kier alpha value is -0.590. The number of sulfonamides is 1. The fraction of sp³-hybridized carbons (Fsp3) is 0.700. The van der Waals surface area contributed by atoms with E-state index in [2.05, 4.69) is 9.71 Å². The maximum Gasteiger partial charge on any atom is 0.259 e. The summed E-state index contributed by atoms with van der Waals surface area (Å²) in [5.74, 6) is 1.10. The average molecular weight is 280 g/mol. The lowest BCUT2D eigenvalue weighted by molar-refractivity contribution is 0.529. The van der Waals surface area contributed by atoms with Crippen molar-refractivity contribution < 1.29 is 8.42 Å². The van der Waals surface area contributed by atoms with Gasteiger partial charge in [0.05, 0.1) is 0 Å². The second-order valence-electron chi connectivity index (χ2n) is 3.94. The topological polar surface area (TPSA) is 64.0 Å². The Morgan fingerprint density at radius 1 is 1.59 bits per heavy atom. The van der Waals surface area contributed by atoms with Gasteiger partial charge in [-0.3, -0.25) is 0 Å². The third-order valence-corrected chi connectivity index (χ3v) is 4.24. The number of imidazole rings is 1. The van der Waals surface area contributed by atoms with E-state index in [1.807, 2.05) is 6.92 Å². The highest BCUT2D eigenvalue weighted by molar-refractivity contribution is 7.89. The summed E-state index contributed by atoms with van der Waals surface area (Å²) < 4.78 is 28.3. The van der Waals surface area contributed by atoms with Crippen LogP contribution < -0.4 is 4.72 Å². The Balaban J connectivity index is 2.88. The molecule has 1 heterocycles. The summed E-state index contributed by atoms with van der Waals surface area (Å²) in [7, 11) is -1.77. The van der Waals surface area contributed by atoms with Crippen molar-refractivity contribution in [3.05, 3.63) is 12.0 Å². The molecule has 0 amide bonds. The van der Waals surface area contributed by atoms with Gasteiger partial charge in [0.15, 0.2) is 5.03 Å². The summed E-state index contributed by atoms with van der Waals surface area (Å²) in [5.41, 5.74) is 0. The number of aryl methyl sites for hydroxylation is 2. The monoisotopic (exact) mass is 279 g/mol. The molecule has 0 spiro atoms. The first-order valence-electron chi connectivity index (χ1n) is 5.49. The lowest BCUT2D eigenvalue weighted by atomic mass is 10.2. The smallest absolute Gasteiger partial charge is 0.259 e. The molecule has 5 nitrogen and oxygen atoms in total. The van der Waals surface area contributed by atoms with Gasteiger partial charge in [-0.25, -0.2) is 18.1 Å². The Morgan fingerprint density at radius 2 is 2.24 bits per heavy atom. The predicted molar refractivity (Wildman–Crippen MR) is 67.7 cm³/mol. The van der Waals surface area contributed by atoms with E-state index in [1.165, 1.54) is 6.20 Å². The molecular weight excluding hydrogens is 262 g/mol. The van der Waals surface area contributed by atoms with Crippen LogP contribution in [0.4, 0.5) is 0 Å². The third-order valence-electron chi connectivity index (χ3n) is 2.63. The van der Waals surface area contributed by atoms with E-state index in [-0.39, 0.29) is 11.1 Å². The van der Waals surface area contributed by atoms with E-state index in [1.54, 1.807) is 18.5 Å². The molecule has 0 bridgehead atoms. The van der Waals surface area contributed by atoms with Crippen molar-refractivity contribution in [1.82, 2.24) is 14.3 Å². The number of aromatic nitrogens is 2. The lowest BCUT2D eigenvalue weighted by Crippen LogP contribution is -2.34. The molecule has 1 atom stereocenters. The molecule has 0 aromatic carbocycles. The van der Waals surface area contributed by atoms with Crippen molar-refractivity contribution in [3.63, 3.8) is 0 Å². The van der Waals surface area contributed by atoms with Gasteiger partial charge in [0.2, 0.25) is 0 Å². The molecule has 0 radical (unpaired) electrons. The predicted octanol–water partition coefficient (Wildman–Crippen LogP) is 1.41. The van der Waals surface area contributed by atoms with Gasteiger partial charge >= 0.3 is 0 Å². The van der Waals surface area contributed by atoms with Gasteiger partial charge in [0.1, 0.15) is 5.82 Å². The molecule has 1 aromatic heterocycles. The maximum atomic E-state index is 12.0. The first kappa shape index (κ1) is 14.5. The fourth-order valence-electron chi connectivity index (χ4n) is 1.41. The minimum atomic E-state index is -3.54. The van der Waals surface area contributed by atoms with Gasteiger partial charge in [-0.05, 0) is 19.8 Å². The zero-order chi connectivity index (χ0) is 13.1. The van der Waals surface area contributed by atoms with Crippen LogP contribution in [0.1, 0.15) is 25.6 Å². The summed E-state index contributed by atoms with van der Waals surface area (Å²) in [6, 6.07) is -0.139. The standard InChI is InChI=1S/C10H18ClN3O2S/c1-4-9(5-6-11)13-17(15,16)10-7-14(3)8(2)12-10/h7,9,13H,4-6H2,1-3H3. The second kappa shape index (κ2) is 5.84. The van der Waals surface area contributed by atoms with Crippen molar-refractivity contribution >= 4 is 21.6 Å². The molecule has 0 saturated heterocycles. The zero-order valence-electron chi connectivity index (χ0n) is 10.3. The highest BCUT2D eigenvalue weighted by Crippen LogP contribution is 2.10. The lowest BCUT2D eigenvalue weighted by Gasteiger charge is -2.14. The molecule has 0 saturated carbocycles. The molecule has 1 unspecified atom stereocenters. The summed E-state index contributed by atoms with van der Waals surface area (Å²) in [6.45, 7) is 3.68. The van der Waals surface area contributed by atoms with Crippen molar-refractivity contribution in [2.24, 2.45) is 7.05 Å². The average Bonchev–Trinajstić information content (AvgIpc) is 2.59. The minimum Gasteiger partial charge on any atom is -0.337 e.